The number of hydrogen-bond acceptors (Lipinski definition) is 2. The maximum Gasteiger partial charge on any atom is 0.136 e. The Hall–Kier alpha value is -0.660. The smallest absolute Gasteiger partial charge is 0.136 e. The molecule has 0 aromatic heterocycles. The highest BCUT2D eigenvalue weighted by molar-refractivity contribution is 5.07. The third-order valence-electron chi connectivity index (χ3n) is 1.89. The molecule has 1 aliphatic rings. The molecule has 0 aliphatic carbocycles. The van der Waals surface area contributed by atoms with Crippen LogP contribution >= 0.6 is 0 Å². The predicted octanol–water partition coefficient (Wildman–Crippen LogP) is 2.56. The molecule has 0 saturated heterocycles. The molecule has 0 aromatic carbocycles. The van der Waals surface area contributed by atoms with Crippen LogP contribution in [0.4, 0.5) is 0 Å². The Balaban J connectivity index is 2.83. The first-order valence-electron chi connectivity index (χ1n) is 4.62. The molecule has 12 heavy (non-hydrogen) atoms. The fraction of sp³-hybridized carbons (Fsp3) is 0.800. The third-order valence-corrected chi connectivity index (χ3v) is 1.89. The van der Waals surface area contributed by atoms with Gasteiger partial charge in [-0.2, -0.15) is 0 Å². The van der Waals surface area contributed by atoms with Gasteiger partial charge in [0.2, 0.25) is 0 Å². The second-order valence-corrected chi connectivity index (χ2v) is 3.73. The summed E-state index contributed by atoms with van der Waals surface area (Å²) in [6, 6.07) is 0. The molecule has 0 N–H and O–H groups in total. The minimum Gasteiger partial charge on any atom is -0.491 e. The first kappa shape index (κ1) is 9.43. The summed E-state index contributed by atoms with van der Waals surface area (Å²) in [6.07, 6.45) is 0. The van der Waals surface area contributed by atoms with Gasteiger partial charge in [0, 0.05) is 11.8 Å². The van der Waals surface area contributed by atoms with E-state index < -0.39 is 0 Å². The predicted molar refractivity (Wildman–Crippen MR) is 48.6 cm³/mol. The standard InChI is InChI=1S/C10H18O2/c1-7(2)9-10(8(3)4)12-6-5-11-9/h7-8H,5-6H2,1-4H3. The molecule has 0 unspecified atom stereocenters. The highest BCUT2D eigenvalue weighted by Crippen LogP contribution is 2.25. The van der Waals surface area contributed by atoms with Crippen LogP contribution in [-0.2, 0) is 9.47 Å². The van der Waals surface area contributed by atoms with Gasteiger partial charge < -0.3 is 9.47 Å². The van der Waals surface area contributed by atoms with Crippen LogP contribution in [0.5, 0.6) is 0 Å². The fourth-order valence-corrected chi connectivity index (χ4v) is 1.35. The normalized spacial score (nSPS) is 18.2. The molecule has 1 aliphatic heterocycles. The number of ether oxygens (including phenoxy) is 2. The summed E-state index contributed by atoms with van der Waals surface area (Å²) >= 11 is 0. The Kier molecular flexibility index (Phi) is 3.01. The van der Waals surface area contributed by atoms with Crippen molar-refractivity contribution in [2.24, 2.45) is 11.8 Å². The van der Waals surface area contributed by atoms with Gasteiger partial charge in [0.15, 0.2) is 0 Å². The van der Waals surface area contributed by atoms with Gasteiger partial charge in [0.25, 0.3) is 0 Å². The Bertz CT molecular complexity index is 160. The summed E-state index contributed by atoms with van der Waals surface area (Å²) in [7, 11) is 0. The van der Waals surface area contributed by atoms with Crippen molar-refractivity contribution in [2.45, 2.75) is 27.7 Å². The van der Waals surface area contributed by atoms with Crippen molar-refractivity contribution in [3.63, 3.8) is 0 Å². The lowest BCUT2D eigenvalue weighted by atomic mass is 10.0. The Morgan fingerprint density at radius 1 is 0.833 bits per heavy atom. The summed E-state index contributed by atoms with van der Waals surface area (Å²) in [5, 5.41) is 0. The van der Waals surface area contributed by atoms with Gasteiger partial charge in [0.05, 0.1) is 0 Å². The monoisotopic (exact) mass is 170 g/mol. The van der Waals surface area contributed by atoms with E-state index in [-0.39, 0.29) is 0 Å². The quantitative estimate of drug-likeness (QED) is 0.634. The maximum atomic E-state index is 5.57. The third kappa shape index (κ3) is 1.93. The van der Waals surface area contributed by atoms with Crippen LogP contribution in [0.25, 0.3) is 0 Å². The Morgan fingerprint density at radius 2 is 1.17 bits per heavy atom. The van der Waals surface area contributed by atoms with E-state index in [2.05, 4.69) is 27.7 Å². The molecule has 1 heterocycles. The van der Waals surface area contributed by atoms with Gasteiger partial charge in [-0.05, 0) is 0 Å². The van der Waals surface area contributed by atoms with Crippen molar-refractivity contribution in [3.05, 3.63) is 11.5 Å². The molecule has 1 rings (SSSR count). The summed E-state index contributed by atoms with van der Waals surface area (Å²) in [5.41, 5.74) is 0. The molecule has 0 saturated carbocycles. The van der Waals surface area contributed by atoms with Gasteiger partial charge in [-0.1, -0.05) is 27.7 Å². The lowest BCUT2D eigenvalue weighted by Gasteiger charge is -2.26. The molecular weight excluding hydrogens is 152 g/mol. The van der Waals surface area contributed by atoms with Crippen molar-refractivity contribution in [3.8, 4) is 0 Å². The summed E-state index contributed by atoms with van der Waals surface area (Å²) < 4.78 is 11.1. The SMILES string of the molecule is CC(C)C1=C(C(C)C)OCCO1. The second-order valence-electron chi connectivity index (χ2n) is 3.73. The lowest BCUT2D eigenvalue weighted by molar-refractivity contribution is 0.0364. The van der Waals surface area contributed by atoms with Crippen LogP contribution in [0.2, 0.25) is 0 Å². The van der Waals surface area contributed by atoms with E-state index >= 15 is 0 Å². The van der Waals surface area contributed by atoms with Gasteiger partial charge in [-0.25, -0.2) is 0 Å². The summed E-state index contributed by atoms with van der Waals surface area (Å²) in [4.78, 5) is 0. The second kappa shape index (κ2) is 3.83. The van der Waals surface area contributed by atoms with Crippen molar-refractivity contribution in [1.29, 1.82) is 0 Å². The number of allylic oxidation sites excluding steroid dienone is 2. The van der Waals surface area contributed by atoms with Crippen LogP contribution in [0.15, 0.2) is 11.5 Å². The van der Waals surface area contributed by atoms with E-state index in [9.17, 15) is 0 Å². The van der Waals surface area contributed by atoms with Crippen LogP contribution < -0.4 is 0 Å². The highest BCUT2D eigenvalue weighted by atomic mass is 16.6. The van der Waals surface area contributed by atoms with Crippen LogP contribution in [0.3, 0.4) is 0 Å². The first-order chi connectivity index (χ1) is 5.63. The Labute approximate surface area is 74.6 Å². The van der Waals surface area contributed by atoms with E-state index in [1.165, 1.54) is 0 Å². The molecular formula is C10H18O2. The number of hydrogen-bond donors (Lipinski definition) is 0. The highest BCUT2D eigenvalue weighted by Gasteiger charge is 2.20. The fourth-order valence-electron chi connectivity index (χ4n) is 1.35. The van der Waals surface area contributed by atoms with Crippen molar-refractivity contribution in [2.75, 3.05) is 13.2 Å². The molecule has 0 amide bonds. The average molecular weight is 170 g/mol. The lowest BCUT2D eigenvalue weighted by Crippen LogP contribution is -2.19. The zero-order chi connectivity index (χ0) is 9.14. The van der Waals surface area contributed by atoms with Crippen molar-refractivity contribution < 1.29 is 9.47 Å². The zero-order valence-corrected chi connectivity index (χ0v) is 8.39. The molecule has 0 radical (unpaired) electrons. The topological polar surface area (TPSA) is 18.5 Å². The van der Waals surface area contributed by atoms with Crippen LogP contribution in [0.1, 0.15) is 27.7 Å². The molecule has 0 spiro atoms. The van der Waals surface area contributed by atoms with Crippen LogP contribution in [-0.4, -0.2) is 13.2 Å². The molecule has 2 nitrogen and oxygen atoms in total. The molecule has 70 valence electrons. The number of rotatable bonds is 2. The van der Waals surface area contributed by atoms with Gasteiger partial charge in [-0.3, -0.25) is 0 Å². The zero-order valence-electron chi connectivity index (χ0n) is 8.39. The molecule has 0 fully saturated rings. The molecule has 2 heteroatoms. The van der Waals surface area contributed by atoms with Crippen LogP contribution in [0, 0.1) is 11.8 Å². The molecule has 0 atom stereocenters. The minimum atomic E-state index is 0.433. The van der Waals surface area contributed by atoms with Gasteiger partial charge in [0.1, 0.15) is 24.7 Å². The van der Waals surface area contributed by atoms with E-state index in [1.54, 1.807) is 0 Å². The van der Waals surface area contributed by atoms with Gasteiger partial charge >= 0.3 is 0 Å². The largest absolute Gasteiger partial charge is 0.491 e. The summed E-state index contributed by atoms with van der Waals surface area (Å²) in [6.45, 7) is 9.92. The van der Waals surface area contributed by atoms with Gasteiger partial charge in [-0.15, -0.1) is 0 Å². The maximum absolute atomic E-state index is 5.57. The molecule has 0 bridgehead atoms. The Morgan fingerprint density at radius 3 is 1.42 bits per heavy atom. The van der Waals surface area contributed by atoms with Crippen molar-refractivity contribution in [1.82, 2.24) is 0 Å². The van der Waals surface area contributed by atoms with E-state index in [0.717, 1.165) is 11.5 Å². The molecule has 0 aromatic rings. The van der Waals surface area contributed by atoms with E-state index in [4.69, 9.17) is 9.47 Å². The summed E-state index contributed by atoms with van der Waals surface area (Å²) in [5.74, 6) is 2.94. The van der Waals surface area contributed by atoms with E-state index in [0.29, 0.717) is 25.0 Å². The average Bonchev–Trinajstić information content (AvgIpc) is 2.04. The van der Waals surface area contributed by atoms with E-state index in [1.807, 2.05) is 0 Å². The van der Waals surface area contributed by atoms with Crippen molar-refractivity contribution >= 4 is 0 Å². The first-order valence-corrected chi connectivity index (χ1v) is 4.62. The minimum absolute atomic E-state index is 0.433.